The molecule has 2 aromatic heterocycles. The second-order valence-corrected chi connectivity index (χ2v) is 4.15. The Balaban J connectivity index is 1.81. The lowest BCUT2D eigenvalue weighted by atomic mass is 10.3. The van der Waals surface area contributed by atoms with Crippen LogP contribution in [-0.4, -0.2) is 21.1 Å². The Hall–Kier alpha value is -1.62. The molecule has 2 rings (SSSR count). The van der Waals surface area contributed by atoms with Gasteiger partial charge in [-0.3, -0.25) is 0 Å². The molecule has 0 aromatic carbocycles. The van der Waals surface area contributed by atoms with Crippen LogP contribution in [-0.2, 0) is 6.54 Å². The second-order valence-electron chi connectivity index (χ2n) is 4.15. The first-order valence-corrected chi connectivity index (χ1v) is 5.80. The first-order chi connectivity index (χ1) is 8.16. The fourth-order valence-corrected chi connectivity index (χ4v) is 1.70. The topological polar surface area (TPSA) is 55.9 Å². The lowest BCUT2D eigenvalue weighted by molar-refractivity contribution is 0.397. The summed E-state index contributed by atoms with van der Waals surface area (Å²) in [5.74, 6) is 2.62. The van der Waals surface area contributed by atoms with Gasteiger partial charge in [-0.05, 0) is 20.8 Å². The average Bonchev–Trinajstić information content (AvgIpc) is 2.88. The van der Waals surface area contributed by atoms with Crippen molar-refractivity contribution in [1.82, 2.24) is 19.9 Å². The van der Waals surface area contributed by atoms with Crippen molar-refractivity contribution in [3.63, 3.8) is 0 Å². The molecule has 0 aliphatic heterocycles. The van der Waals surface area contributed by atoms with E-state index in [4.69, 9.17) is 4.42 Å². The number of nitrogens with zero attached hydrogens (tertiary/aromatic N) is 3. The molecule has 2 aromatic rings. The number of hydrogen-bond acceptors (Lipinski definition) is 4. The number of aromatic nitrogens is 3. The molecular weight excluding hydrogens is 216 g/mol. The van der Waals surface area contributed by atoms with E-state index in [0.29, 0.717) is 0 Å². The van der Waals surface area contributed by atoms with Gasteiger partial charge in [-0.15, -0.1) is 0 Å². The summed E-state index contributed by atoms with van der Waals surface area (Å²) in [6.07, 6.45) is 5.54. The van der Waals surface area contributed by atoms with Crippen LogP contribution in [0.5, 0.6) is 0 Å². The molecule has 0 radical (unpaired) electrons. The summed E-state index contributed by atoms with van der Waals surface area (Å²) in [4.78, 5) is 8.38. The van der Waals surface area contributed by atoms with Crippen molar-refractivity contribution < 1.29 is 4.42 Å². The van der Waals surface area contributed by atoms with E-state index in [1.807, 2.05) is 33.2 Å². The van der Waals surface area contributed by atoms with Crippen LogP contribution in [0, 0.1) is 13.8 Å². The minimum absolute atomic E-state index is 0.132. The lowest BCUT2D eigenvalue weighted by Gasteiger charge is -2.11. The van der Waals surface area contributed by atoms with E-state index in [9.17, 15) is 0 Å². The SMILES string of the molecule is Cc1cnc(C(C)NCCn2ccnc2C)o1. The molecule has 0 amide bonds. The van der Waals surface area contributed by atoms with Crippen LogP contribution in [0.2, 0.25) is 0 Å². The van der Waals surface area contributed by atoms with Crippen molar-refractivity contribution in [3.05, 3.63) is 36.1 Å². The number of rotatable bonds is 5. The zero-order valence-corrected chi connectivity index (χ0v) is 10.5. The molecule has 0 saturated heterocycles. The molecule has 1 unspecified atom stereocenters. The molecule has 5 nitrogen and oxygen atoms in total. The van der Waals surface area contributed by atoms with Crippen LogP contribution in [0.25, 0.3) is 0 Å². The summed E-state index contributed by atoms with van der Waals surface area (Å²) in [6.45, 7) is 7.71. The van der Waals surface area contributed by atoms with E-state index in [-0.39, 0.29) is 6.04 Å². The highest BCUT2D eigenvalue weighted by Gasteiger charge is 2.10. The summed E-state index contributed by atoms with van der Waals surface area (Å²) < 4.78 is 7.58. The van der Waals surface area contributed by atoms with Gasteiger partial charge >= 0.3 is 0 Å². The highest BCUT2D eigenvalue weighted by atomic mass is 16.4. The molecule has 0 fully saturated rings. The maximum absolute atomic E-state index is 5.46. The molecule has 5 heteroatoms. The van der Waals surface area contributed by atoms with Gasteiger partial charge in [0.25, 0.3) is 0 Å². The molecule has 0 bridgehead atoms. The highest BCUT2D eigenvalue weighted by Crippen LogP contribution is 2.11. The summed E-state index contributed by atoms with van der Waals surface area (Å²) in [5.41, 5.74) is 0. The van der Waals surface area contributed by atoms with Crippen LogP contribution < -0.4 is 5.32 Å². The molecule has 0 aliphatic rings. The molecule has 92 valence electrons. The van der Waals surface area contributed by atoms with E-state index >= 15 is 0 Å². The van der Waals surface area contributed by atoms with Gasteiger partial charge in [0.2, 0.25) is 5.89 Å². The Morgan fingerprint density at radius 2 is 2.24 bits per heavy atom. The molecule has 0 saturated carbocycles. The number of nitrogens with one attached hydrogen (secondary N) is 1. The minimum Gasteiger partial charge on any atom is -0.444 e. The number of hydrogen-bond donors (Lipinski definition) is 1. The van der Waals surface area contributed by atoms with Gasteiger partial charge in [-0.2, -0.15) is 0 Å². The maximum atomic E-state index is 5.46. The zero-order chi connectivity index (χ0) is 12.3. The largest absolute Gasteiger partial charge is 0.444 e. The van der Waals surface area contributed by atoms with Crippen molar-refractivity contribution in [3.8, 4) is 0 Å². The summed E-state index contributed by atoms with van der Waals surface area (Å²) in [6, 6.07) is 0.132. The third kappa shape index (κ3) is 2.94. The Labute approximate surface area is 101 Å². The van der Waals surface area contributed by atoms with Crippen LogP contribution in [0.4, 0.5) is 0 Å². The second kappa shape index (κ2) is 5.14. The first kappa shape index (κ1) is 11.9. The first-order valence-electron chi connectivity index (χ1n) is 5.80. The monoisotopic (exact) mass is 234 g/mol. The zero-order valence-electron chi connectivity index (χ0n) is 10.5. The number of oxazole rings is 1. The molecule has 2 heterocycles. The summed E-state index contributed by atoms with van der Waals surface area (Å²) >= 11 is 0. The molecule has 1 N–H and O–H groups in total. The van der Waals surface area contributed by atoms with Gasteiger partial charge < -0.3 is 14.3 Å². The van der Waals surface area contributed by atoms with Gasteiger partial charge in [-0.25, -0.2) is 9.97 Å². The Bertz CT molecular complexity index is 474. The van der Waals surface area contributed by atoms with Crippen LogP contribution >= 0.6 is 0 Å². The lowest BCUT2D eigenvalue weighted by Crippen LogP contribution is -2.23. The molecule has 17 heavy (non-hydrogen) atoms. The Morgan fingerprint density at radius 3 is 2.82 bits per heavy atom. The van der Waals surface area contributed by atoms with Gasteiger partial charge in [0, 0.05) is 25.5 Å². The molecule has 0 aliphatic carbocycles. The number of aryl methyl sites for hydroxylation is 2. The third-order valence-electron chi connectivity index (χ3n) is 2.74. The molecule has 1 atom stereocenters. The maximum Gasteiger partial charge on any atom is 0.211 e. The third-order valence-corrected chi connectivity index (χ3v) is 2.74. The summed E-state index contributed by atoms with van der Waals surface area (Å²) in [5, 5.41) is 3.37. The van der Waals surface area contributed by atoms with Crippen molar-refractivity contribution in [2.45, 2.75) is 33.4 Å². The molecular formula is C12H18N4O. The Morgan fingerprint density at radius 1 is 1.41 bits per heavy atom. The van der Waals surface area contributed by atoms with Gasteiger partial charge in [-0.1, -0.05) is 0 Å². The van der Waals surface area contributed by atoms with Gasteiger partial charge in [0.15, 0.2) is 0 Å². The van der Waals surface area contributed by atoms with E-state index in [0.717, 1.165) is 30.6 Å². The van der Waals surface area contributed by atoms with Crippen molar-refractivity contribution >= 4 is 0 Å². The standard InChI is InChI=1S/C12H18N4O/c1-9-8-15-12(17-9)10(2)13-4-6-16-7-5-14-11(16)3/h5,7-8,10,13H,4,6H2,1-3H3. The van der Waals surface area contributed by atoms with Gasteiger partial charge in [0.1, 0.15) is 11.6 Å². The van der Waals surface area contributed by atoms with E-state index in [1.54, 1.807) is 6.20 Å². The highest BCUT2D eigenvalue weighted by molar-refractivity contribution is 4.95. The summed E-state index contributed by atoms with van der Waals surface area (Å²) in [7, 11) is 0. The van der Waals surface area contributed by atoms with Gasteiger partial charge in [0.05, 0.1) is 12.2 Å². The fraction of sp³-hybridized carbons (Fsp3) is 0.500. The van der Waals surface area contributed by atoms with Crippen LogP contribution in [0.15, 0.2) is 23.0 Å². The smallest absolute Gasteiger partial charge is 0.211 e. The number of imidazole rings is 1. The average molecular weight is 234 g/mol. The predicted molar refractivity (Wildman–Crippen MR) is 64.6 cm³/mol. The quantitative estimate of drug-likeness (QED) is 0.857. The van der Waals surface area contributed by atoms with Crippen LogP contribution in [0.1, 0.15) is 30.4 Å². The van der Waals surface area contributed by atoms with E-state index in [1.165, 1.54) is 0 Å². The van der Waals surface area contributed by atoms with Crippen molar-refractivity contribution in [2.24, 2.45) is 0 Å². The Kier molecular flexibility index (Phi) is 3.58. The molecule has 0 spiro atoms. The van der Waals surface area contributed by atoms with Crippen molar-refractivity contribution in [1.29, 1.82) is 0 Å². The minimum atomic E-state index is 0.132. The fourth-order valence-electron chi connectivity index (χ4n) is 1.70. The normalized spacial score (nSPS) is 12.9. The van der Waals surface area contributed by atoms with Crippen molar-refractivity contribution in [2.75, 3.05) is 6.54 Å². The predicted octanol–water partition coefficient (Wildman–Crippen LogP) is 1.84. The van der Waals surface area contributed by atoms with E-state index in [2.05, 4.69) is 19.9 Å². The van der Waals surface area contributed by atoms with E-state index < -0.39 is 0 Å². The van der Waals surface area contributed by atoms with Crippen LogP contribution in [0.3, 0.4) is 0 Å².